The molecule has 0 heterocycles. The van der Waals surface area contributed by atoms with Crippen LogP contribution in [0.4, 0.5) is 0 Å². The van der Waals surface area contributed by atoms with Crippen molar-refractivity contribution in [2.75, 3.05) is 39.6 Å². The van der Waals surface area contributed by atoms with Gasteiger partial charge in [0.25, 0.3) is 0 Å². The van der Waals surface area contributed by atoms with E-state index in [2.05, 4.69) is 17.0 Å². The third-order valence-corrected chi connectivity index (χ3v) is 3.42. The molecule has 96 valence electrons. The molecule has 0 saturated heterocycles. The number of hydrogen-bond donors (Lipinski definition) is 1. The molecule has 1 aromatic rings. The van der Waals surface area contributed by atoms with E-state index in [1.54, 1.807) is 11.8 Å². The average Bonchev–Trinajstić information content (AvgIpc) is 2.33. The van der Waals surface area contributed by atoms with Crippen LogP contribution in [-0.4, -0.2) is 50.5 Å². The molecule has 2 N–H and O–H groups in total. The summed E-state index contributed by atoms with van der Waals surface area (Å²) in [5.41, 5.74) is 5.98. The lowest BCUT2D eigenvalue weighted by Gasteiger charge is -2.13. The number of thioether (sulfide) groups is 1. The van der Waals surface area contributed by atoms with E-state index in [1.807, 2.05) is 32.3 Å². The third-order valence-electron chi connectivity index (χ3n) is 2.22. The first-order valence-electron chi connectivity index (χ1n) is 5.84. The van der Waals surface area contributed by atoms with Gasteiger partial charge in [0.1, 0.15) is 0 Å². The minimum absolute atomic E-state index is 0.0994. The molecule has 0 radical (unpaired) electrons. The van der Waals surface area contributed by atoms with Gasteiger partial charge in [-0.1, -0.05) is 18.2 Å². The molecule has 0 spiro atoms. The molecule has 0 aromatic heterocycles. The maximum absolute atomic E-state index is 5.98. The molecule has 3 nitrogen and oxygen atoms in total. The highest BCUT2D eigenvalue weighted by Crippen LogP contribution is 2.17. The van der Waals surface area contributed by atoms with Crippen molar-refractivity contribution in [3.05, 3.63) is 30.3 Å². The number of nitrogens with two attached hydrogens (primary N) is 1. The van der Waals surface area contributed by atoms with Crippen molar-refractivity contribution in [1.82, 2.24) is 4.90 Å². The number of hydrogen-bond acceptors (Lipinski definition) is 4. The molecule has 0 aliphatic heterocycles. The van der Waals surface area contributed by atoms with Crippen molar-refractivity contribution < 1.29 is 4.74 Å². The fourth-order valence-corrected chi connectivity index (χ4v) is 2.10. The highest BCUT2D eigenvalue weighted by Gasteiger charge is 2.03. The van der Waals surface area contributed by atoms with Crippen LogP contribution in [0.2, 0.25) is 0 Å². The highest BCUT2D eigenvalue weighted by atomic mass is 32.2. The molecular weight excluding hydrogens is 232 g/mol. The fourth-order valence-electron chi connectivity index (χ4n) is 1.25. The molecule has 17 heavy (non-hydrogen) atoms. The van der Waals surface area contributed by atoms with Crippen molar-refractivity contribution in [3.8, 4) is 0 Å². The summed E-state index contributed by atoms with van der Waals surface area (Å²) >= 11 is 1.78. The lowest BCUT2D eigenvalue weighted by atomic mass is 10.4. The molecule has 0 unspecified atom stereocenters. The molecule has 1 aromatic carbocycles. The highest BCUT2D eigenvalue weighted by molar-refractivity contribution is 7.99. The van der Waals surface area contributed by atoms with Crippen LogP contribution in [0, 0.1) is 0 Å². The van der Waals surface area contributed by atoms with Crippen molar-refractivity contribution in [2.45, 2.75) is 10.9 Å². The Labute approximate surface area is 108 Å². The number of benzene rings is 1. The summed E-state index contributed by atoms with van der Waals surface area (Å²) in [6, 6.07) is 10.4. The van der Waals surface area contributed by atoms with Gasteiger partial charge in [-0.25, -0.2) is 0 Å². The topological polar surface area (TPSA) is 38.5 Å². The Kier molecular flexibility index (Phi) is 7.28. The van der Waals surface area contributed by atoms with E-state index < -0.39 is 0 Å². The molecular formula is C13H22N2OS. The lowest BCUT2D eigenvalue weighted by molar-refractivity contribution is 0.110. The summed E-state index contributed by atoms with van der Waals surface area (Å²) in [4.78, 5) is 3.36. The Balaban J connectivity index is 2.07. The van der Waals surface area contributed by atoms with Gasteiger partial charge < -0.3 is 15.4 Å². The number of likely N-dealkylation sites (N-methyl/N-ethyl adjacent to an activating group) is 1. The SMILES string of the molecule is CN(C)CCOC[C@@H](N)CSc1ccccc1. The molecule has 0 bridgehead atoms. The molecule has 0 aliphatic carbocycles. The van der Waals surface area contributed by atoms with Crippen LogP contribution in [0.5, 0.6) is 0 Å². The van der Waals surface area contributed by atoms with E-state index in [-0.39, 0.29) is 6.04 Å². The summed E-state index contributed by atoms with van der Waals surface area (Å²) in [6.45, 7) is 2.32. The van der Waals surface area contributed by atoms with Gasteiger partial charge in [-0.05, 0) is 26.2 Å². The van der Waals surface area contributed by atoms with E-state index in [0.29, 0.717) is 6.61 Å². The van der Waals surface area contributed by atoms with Gasteiger partial charge in [0, 0.05) is 23.2 Å². The fraction of sp³-hybridized carbons (Fsp3) is 0.538. The Morgan fingerprint density at radius 3 is 2.65 bits per heavy atom. The Bertz CT molecular complexity index is 293. The summed E-state index contributed by atoms with van der Waals surface area (Å²) in [5, 5.41) is 0. The van der Waals surface area contributed by atoms with Crippen LogP contribution in [-0.2, 0) is 4.74 Å². The van der Waals surface area contributed by atoms with Crippen LogP contribution in [0.1, 0.15) is 0 Å². The average molecular weight is 254 g/mol. The molecule has 0 aliphatic rings. The third kappa shape index (κ3) is 7.39. The molecule has 1 atom stereocenters. The number of rotatable bonds is 8. The monoisotopic (exact) mass is 254 g/mol. The van der Waals surface area contributed by atoms with Gasteiger partial charge in [-0.15, -0.1) is 11.8 Å². The van der Waals surface area contributed by atoms with E-state index in [4.69, 9.17) is 10.5 Å². The predicted octanol–water partition coefficient (Wildman–Crippen LogP) is 1.68. The number of ether oxygens (including phenoxy) is 1. The van der Waals surface area contributed by atoms with Crippen LogP contribution in [0.25, 0.3) is 0 Å². The van der Waals surface area contributed by atoms with Gasteiger partial charge in [-0.3, -0.25) is 0 Å². The summed E-state index contributed by atoms with van der Waals surface area (Å²) in [6.07, 6.45) is 0. The van der Waals surface area contributed by atoms with E-state index in [1.165, 1.54) is 4.90 Å². The van der Waals surface area contributed by atoms with Crippen LogP contribution in [0.15, 0.2) is 35.2 Å². The normalized spacial score (nSPS) is 12.9. The Hall–Kier alpha value is -0.550. The second-order valence-corrected chi connectivity index (χ2v) is 5.36. The summed E-state index contributed by atoms with van der Waals surface area (Å²) in [7, 11) is 4.07. The standard InChI is InChI=1S/C13H22N2OS/c1-15(2)8-9-16-10-12(14)11-17-13-6-4-3-5-7-13/h3-7,12H,8-11,14H2,1-2H3/t12-/m1/s1. The van der Waals surface area contributed by atoms with Gasteiger partial charge in [0.15, 0.2) is 0 Å². The van der Waals surface area contributed by atoms with Crippen molar-refractivity contribution in [1.29, 1.82) is 0 Å². The first-order valence-corrected chi connectivity index (χ1v) is 6.83. The van der Waals surface area contributed by atoms with Crippen LogP contribution in [0.3, 0.4) is 0 Å². The molecule has 0 fully saturated rings. The maximum atomic E-state index is 5.98. The summed E-state index contributed by atoms with van der Waals surface area (Å²) in [5.74, 6) is 0.895. The minimum Gasteiger partial charge on any atom is -0.378 e. The molecule has 4 heteroatoms. The molecule has 1 rings (SSSR count). The van der Waals surface area contributed by atoms with E-state index >= 15 is 0 Å². The van der Waals surface area contributed by atoms with Crippen molar-refractivity contribution in [2.24, 2.45) is 5.73 Å². The zero-order chi connectivity index (χ0) is 12.5. The van der Waals surface area contributed by atoms with Crippen LogP contribution < -0.4 is 5.73 Å². The van der Waals surface area contributed by atoms with E-state index in [0.717, 1.165) is 18.9 Å². The van der Waals surface area contributed by atoms with E-state index in [9.17, 15) is 0 Å². The Morgan fingerprint density at radius 2 is 2.00 bits per heavy atom. The van der Waals surface area contributed by atoms with Crippen LogP contribution >= 0.6 is 11.8 Å². The van der Waals surface area contributed by atoms with Crippen molar-refractivity contribution in [3.63, 3.8) is 0 Å². The Morgan fingerprint density at radius 1 is 1.29 bits per heavy atom. The smallest absolute Gasteiger partial charge is 0.0626 e. The van der Waals surface area contributed by atoms with Gasteiger partial charge >= 0.3 is 0 Å². The largest absolute Gasteiger partial charge is 0.378 e. The summed E-state index contributed by atoms with van der Waals surface area (Å²) < 4.78 is 5.51. The van der Waals surface area contributed by atoms with Gasteiger partial charge in [0.2, 0.25) is 0 Å². The molecule has 0 saturated carbocycles. The van der Waals surface area contributed by atoms with Gasteiger partial charge in [-0.2, -0.15) is 0 Å². The zero-order valence-electron chi connectivity index (χ0n) is 10.6. The quantitative estimate of drug-likeness (QED) is 0.566. The second-order valence-electron chi connectivity index (χ2n) is 4.26. The predicted molar refractivity (Wildman–Crippen MR) is 74.5 cm³/mol. The minimum atomic E-state index is 0.0994. The second kappa shape index (κ2) is 8.53. The molecule has 0 amide bonds. The maximum Gasteiger partial charge on any atom is 0.0626 e. The van der Waals surface area contributed by atoms with Crippen molar-refractivity contribution >= 4 is 11.8 Å². The first kappa shape index (κ1) is 14.5. The van der Waals surface area contributed by atoms with Gasteiger partial charge in [0.05, 0.1) is 13.2 Å². The number of nitrogens with zero attached hydrogens (tertiary/aromatic N) is 1. The lowest BCUT2D eigenvalue weighted by Crippen LogP contribution is -2.30. The zero-order valence-corrected chi connectivity index (χ0v) is 11.5. The first-order chi connectivity index (χ1) is 8.18.